The van der Waals surface area contributed by atoms with E-state index in [0.29, 0.717) is 17.7 Å². The summed E-state index contributed by atoms with van der Waals surface area (Å²) in [4.78, 5) is 34.5. The van der Waals surface area contributed by atoms with Gasteiger partial charge in [-0.1, -0.05) is 25.0 Å². The molecule has 8 heteroatoms. The van der Waals surface area contributed by atoms with Crippen molar-refractivity contribution in [2.24, 2.45) is 5.92 Å². The summed E-state index contributed by atoms with van der Waals surface area (Å²) in [6.07, 6.45) is 4.35. The first kappa shape index (κ1) is 20.9. The molecule has 2 N–H and O–H groups in total. The van der Waals surface area contributed by atoms with Crippen molar-refractivity contribution in [2.45, 2.75) is 56.2 Å². The van der Waals surface area contributed by atoms with Crippen LogP contribution in [0.25, 0.3) is 0 Å². The van der Waals surface area contributed by atoms with Gasteiger partial charge in [-0.15, -0.1) is 0 Å². The van der Waals surface area contributed by atoms with E-state index in [1.54, 1.807) is 24.3 Å². The van der Waals surface area contributed by atoms with Crippen LogP contribution in [0.15, 0.2) is 48.5 Å². The van der Waals surface area contributed by atoms with Gasteiger partial charge in [-0.25, -0.2) is 14.5 Å². The molecule has 1 unspecified atom stereocenters. The molecule has 1 spiro atoms. The standard InChI is InChI=1S/C24H24O8/c25-20(26)15-4-8-18(9-5-15)24-14-12-17-3-1-2-13-23(17,31-32-24)22(30-24)29-19-10-6-16(7-11-19)21(27)28/h4-11,17,22H,1-3,12-14H2,(H,25,26)(H,27,28)/t17?,22-,23+,24-/m1/s1. The Morgan fingerprint density at radius 2 is 1.50 bits per heavy atom. The molecule has 2 aromatic carbocycles. The Kier molecular flexibility index (Phi) is 5.16. The molecule has 4 atom stereocenters. The molecule has 0 aromatic heterocycles. The first-order chi connectivity index (χ1) is 15.4. The maximum absolute atomic E-state index is 11.2. The Morgan fingerprint density at radius 1 is 0.844 bits per heavy atom. The van der Waals surface area contributed by atoms with Crippen molar-refractivity contribution in [2.75, 3.05) is 0 Å². The summed E-state index contributed by atoms with van der Waals surface area (Å²) >= 11 is 0. The number of aromatic carboxylic acids is 2. The fourth-order valence-electron chi connectivity index (χ4n) is 5.04. The lowest BCUT2D eigenvalue weighted by Crippen LogP contribution is -2.60. The number of carbonyl (C=O) groups is 2. The van der Waals surface area contributed by atoms with Crippen LogP contribution in [-0.2, 0) is 20.3 Å². The zero-order valence-electron chi connectivity index (χ0n) is 17.4. The quantitative estimate of drug-likeness (QED) is 0.661. The average Bonchev–Trinajstić information content (AvgIpc) is 3.06. The third-order valence-corrected chi connectivity index (χ3v) is 6.83. The molecule has 32 heavy (non-hydrogen) atoms. The van der Waals surface area contributed by atoms with Gasteiger partial charge in [0.1, 0.15) is 5.75 Å². The number of hydrogen-bond donors (Lipinski definition) is 2. The second-order valence-corrected chi connectivity index (χ2v) is 8.64. The maximum Gasteiger partial charge on any atom is 0.335 e. The Balaban J connectivity index is 1.49. The minimum Gasteiger partial charge on any atom is -0.478 e. The van der Waals surface area contributed by atoms with Crippen LogP contribution in [0.4, 0.5) is 0 Å². The van der Waals surface area contributed by atoms with E-state index in [1.807, 2.05) is 0 Å². The minimum atomic E-state index is -1.22. The van der Waals surface area contributed by atoms with Crippen molar-refractivity contribution in [1.29, 1.82) is 0 Å². The molecule has 3 saturated heterocycles. The molecule has 6 rings (SSSR count). The van der Waals surface area contributed by atoms with Crippen LogP contribution in [0.1, 0.15) is 64.8 Å². The third-order valence-electron chi connectivity index (χ3n) is 6.83. The summed E-state index contributed by atoms with van der Waals surface area (Å²) in [5.74, 6) is -2.57. The van der Waals surface area contributed by atoms with Crippen LogP contribution < -0.4 is 4.74 Å². The SMILES string of the molecule is O=C(O)c1ccc(O[C@@H]2O[C@]3(c4ccc(C(=O)O)cc4)CCC4CCCC[C@]42OO3)cc1. The number of hydrogen-bond acceptors (Lipinski definition) is 6. The second-order valence-electron chi connectivity index (χ2n) is 8.64. The fourth-order valence-corrected chi connectivity index (χ4v) is 5.04. The van der Waals surface area contributed by atoms with Gasteiger partial charge in [0.05, 0.1) is 11.1 Å². The number of carboxylic acids is 2. The molecule has 8 nitrogen and oxygen atoms in total. The molecule has 4 fully saturated rings. The van der Waals surface area contributed by atoms with E-state index in [0.717, 1.165) is 32.1 Å². The molecule has 3 aliphatic heterocycles. The summed E-state index contributed by atoms with van der Waals surface area (Å²) in [5.41, 5.74) is 0.242. The van der Waals surface area contributed by atoms with Gasteiger partial charge in [-0.3, -0.25) is 0 Å². The molecule has 0 amide bonds. The predicted molar refractivity (Wildman–Crippen MR) is 110 cm³/mol. The van der Waals surface area contributed by atoms with E-state index < -0.39 is 29.6 Å². The monoisotopic (exact) mass is 440 g/mol. The number of benzene rings is 2. The average molecular weight is 440 g/mol. The molecule has 2 bridgehead atoms. The smallest absolute Gasteiger partial charge is 0.335 e. The van der Waals surface area contributed by atoms with E-state index in [4.69, 9.17) is 24.4 Å². The minimum absolute atomic E-state index is 0.170. The van der Waals surface area contributed by atoms with E-state index in [-0.39, 0.29) is 17.0 Å². The lowest BCUT2D eigenvalue weighted by Gasteiger charge is -2.49. The van der Waals surface area contributed by atoms with E-state index in [1.165, 1.54) is 24.3 Å². The number of ether oxygens (including phenoxy) is 2. The number of rotatable bonds is 5. The summed E-state index contributed by atoms with van der Waals surface area (Å²) in [6.45, 7) is 0. The fraction of sp³-hybridized carbons (Fsp3) is 0.417. The molecular formula is C24H24O8. The Morgan fingerprint density at radius 3 is 2.16 bits per heavy atom. The van der Waals surface area contributed by atoms with Crippen LogP contribution in [0, 0.1) is 5.92 Å². The van der Waals surface area contributed by atoms with Gasteiger partial charge in [0.25, 0.3) is 0 Å². The highest BCUT2D eigenvalue weighted by atomic mass is 17.3. The molecule has 2 aromatic rings. The summed E-state index contributed by atoms with van der Waals surface area (Å²) in [5, 5.41) is 18.4. The Labute approximate surface area is 184 Å². The number of fused-ring (bicyclic) bond motifs is 3. The summed E-state index contributed by atoms with van der Waals surface area (Å²) in [6, 6.07) is 12.6. The molecule has 3 heterocycles. The summed E-state index contributed by atoms with van der Waals surface area (Å²) < 4.78 is 12.8. The predicted octanol–water partition coefficient (Wildman–Crippen LogP) is 4.34. The zero-order valence-corrected chi connectivity index (χ0v) is 17.4. The molecule has 1 saturated carbocycles. The van der Waals surface area contributed by atoms with Crippen molar-refractivity contribution < 1.29 is 39.1 Å². The van der Waals surface area contributed by atoms with Crippen LogP contribution in [0.5, 0.6) is 5.75 Å². The van der Waals surface area contributed by atoms with Crippen molar-refractivity contribution >= 4 is 11.9 Å². The largest absolute Gasteiger partial charge is 0.478 e. The van der Waals surface area contributed by atoms with Gasteiger partial charge in [-0.05, 0) is 61.6 Å². The van der Waals surface area contributed by atoms with Gasteiger partial charge in [-0.2, -0.15) is 4.89 Å². The van der Waals surface area contributed by atoms with Crippen molar-refractivity contribution in [3.63, 3.8) is 0 Å². The summed E-state index contributed by atoms with van der Waals surface area (Å²) in [7, 11) is 0. The van der Waals surface area contributed by atoms with Crippen molar-refractivity contribution in [3.8, 4) is 5.75 Å². The normalized spacial score (nSPS) is 31.4. The van der Waals surface area contributed by atoms with Crippen LogP contribution in [0.2, 0.25) is 0 Å². The van der Waals surface area contributed by atoms with Crippen LogP contribution in [0.3, 0.4) is 0 Å². The first-order valence-corrected chi connectivity index (χ1v) is 10.8. The molecular weight excluding hydrogens is 416 g/mol. The van der Waals surface area contributed by atoms with Gasteiger partial charge < -0.3 is 19.7 Å². The number of carboxylic acid groups (broad SMARTS) is 2. The van der Waals surface area contributed by atoms with Gasteiger partial charge in [0.2, 0.25) is 12.1 Å². The molecule has 4 aliphatic rings. The highest BCUT2D eigenvalue weighted by molar-refractivity contribution is 5.88. The van der Waals surface area contributed by atoms with Crippen LogP contribution in [-0.4, -0.2) is 34.0 Å². The van der Waals surface area contributed by atoms with Gasteiger partial charge in [0, 0.05) is 12.0 Å². The van der Waals surface area contributed by atoms with Crippen molar-refractivity contribution in [1.82, 2.24) is 0 Å². The van der Waals surface area contributed by atoms with E-state index in [2.05, 4.69) is 0 Å². The second kappa shape index (κ2) is 7.88. The zero-order chi connectivity index (χ0) is 22.3. The Hall–Kier alpha value is -2.94. The van der Waals surface area contributed by atoms with E-state index >= 15 is 0 Å². The molecule has 168 valence electrons. The molecule has 1 aliphatic carbocycles. The third kappa shape index (κ3) is 3.44. The topological polar surface area (TPSA) is 112 Å². The highest BCUT2D eigenvalue weighted by Crippen LogP contribution is 2.55. The van der Waals surface area contributed by atoms with Gasteiger partial charge in [0.15, 0.2) is 5.60 Å². The van der Waals surface area contributed by atoms with E-state index in [9.17, 15) is 14.7 Å². The van der Waals surface area contributed by atoms with Crippen LogP contribution >= 0.6 is 0 Å². The van der Waals surface area contributed by atoms with Gasteiger partial charge >= 0.3 is 11.9 Å². The lowest BCUT2D eigenvalue weighted by atomic mass is 9.73. The first-order valence-electron chi connectivity index (χ1n) is 10.8. The lowest BCUT2D eigenvalue weighted by molar-refractivity contribution is -0.553. The highest BCUT2D eigenvalue weighted by Gasteiger charge is 2.62. The Bertz CT molecular complexity index is 1010. The molecule has 0 radical (unpaired) electrons. The maximum atomic E-state index is 11.2. The van der Waals surface area contributed by atoms with Crippen molar-refractivity contribution in [3.05, 3.63) is 65.2 Å².